The number of nitrogens with one attached hydrogen (secondary N) is 1. The van der Waals surface area contributed by atoms with Gasteiger partial charge in [-0.05, 0) is 87.1 Å². The van der Waals surface area contributed by atoms with Crippen molar-refractivity contribution >= 4 is 29.0 Å². The minimum atomic E-state index is -1.03. The molecule has 162 valence electrons. The Labute approximate surface area is 185 Å². The fourth-order valence-electron chi connectivity index (χ4n) is 3.36. The number of carbonyl (C=O) groups excluding carboxylic acids is 2. The molecule has 0 saturated heterocycles. The lowest BCUT2D eigenvalue weighted by molar-refractivity contribution is -0.123. The normalized spacial score (nSPS) is 12.3. The second-order valence-corrected chi connectivity index (χ2v) is 9.11. The van der Waals surface area contributed by atoms with Gasteiger partial charge in [0.1, 0.15) is 11.9 Å². The van der Waals surface area contributed by atoms with E-state index in [-0.39, 0.29) is 11.6 Å². The topological polar surface area (TPSA) is 75.2 Å². The van der Waals surface area contributed by atoms with E-state index in [2.05, 4.69) is 14.9 Å². The summed E-state index contributed by atoms with van der Waals surface area (Å²) in [5, 5.41) is 8.41. The van der Waals surface area contributed by atoms with E-state index in [0.29, 0.717) is 11.3 Å². The SMILES string of the molecule is Cc1cc(C)cc(N(C(=O)c2csnn2)[C@@H](C(=O)NC(C)(C)C)c2ccc(F)cc2)c1. The molecule has 3 aromatic rings. The van der Waals surface area contributed by atoms with Crippen LogP contribution >= 0.6 is 11.5 Å². The van der Waals surface area contributed by atoms with Crippen molar-refractivity contribution in [2.75, 3.05) is 4.90 Å². The van der Waals surface area contributed by atoms with Gasteiger partial charge in [0.05, 0.1) is 0 Å². The molecule has 0 aliphatic rings. The van der Waals surface area contributed by atoms with Gasteiger partial charge in [-0.3, -0.25) is 14.5 Å². The number of benzene rings is 2. The summed E-state index contributed by atoms with van der Waals surface area (Å²) < 4.78 is 17.4. The molecule has 1 N–H and O–H groups in total. The predicted molar refractivity (Wildman–Crippen MR) is 120 cm³/mol. The molecule has 0 unspecified atom stereocenters. The molecule has 0 saturated carbocycles. The first-order chi connectivity index (χ1) is 14.5. The molecule has 0 aliphatic heterocycles. The van der Waals surface area contributed by atoms with Gasteiger partial charge in [-0.15, -0.1) is 5.10 Å². The van der Waals surface area contributed by atoms with Crippen LogP contribution in [0, 0.1) is 19.7 Å². The maximum Gasteiger partial charge on any atom is 0.280 e. The molecule has 0 spiro atoms. The molecule has 0 radical (unpaired) electrons. The van der Waals surface area contributed by atoms with Crippen molar-refractivity contribution in [1.82, 2.24) is 14.9 Å². The summed E-state index contributed by atoms with van der Waals surface area (Å²) in [4.78, 5) is 28.4. The van der Waals surface area contributed by atoms with Crippen molar-refractivity contribution in [2.24, 2.45) is 0 Å². The van der Waals surface area contributed by atoms with E-state index in [9.17, 15) is 14.0 Å². The van der Waals surface area contributed by atoms with Gasteiger partial charge in [-0.25, -0.2) is 4.39 Å². The van der Waals surface area contributed by atoms with Crippen molar-refractivity contribution in [3.63, 3.8) is 0 Å². The van der Waals surface area contributed by atoms with Crippen LogP contribution in [0.1, 0.15) is 54.0 Å². The summed E-state index contributed by atoms with van der Waals surface area (Å²) in [7, 11) is 0. The number of anilines is 1. The summed E-state index contributed by atoms with van der Waals surface area (Å²) >= 11 is 1.06. The summed E-state index contributed by atoms with van der Waals surface area (Å²) in [6.45, 7) is 9.43. The smallest absolute Gasteiger partial charge is 0.280 e. The molecule has 1 heterocycles. The zero-order valence-electron chi connectivity index (χ0n) is 18.1. The lowest BCUT2D eigenvalue weighted by atomic mass is 9.99. The first-order valence-electron chi connectivity index (χ1n) is 9.81. The molecule has 0 bridgehead atoms. The molecule has 2 aromatic carbocycles. The van der Waals surface area contributed by atoms with E-state index >= 15 is 0 Å². The Hall–Kier alpha value is -3.13. The van der Waals surface area contributed by atoms with Crippen molar-refractivity contribution in [1.29, 1.82) is 0 Å². The van der Waals surface area contributed by atoms with Crippen molar-refractivity contribution in [2.45, 2.75) is 46.2 Å². The van der Waals surface area contributed by atoms with Crippen LogP contribution in [-0.4, -0.2) is 26.9 Å². The lowest BCUT2D eigenvalue weighted by Gasteiger charge is -2.33. The standard InChI is InChI=1S/C23H25FN4O2S/c1-14-10-15(2)12-18(11-14)28(22(30)19-13-31-27-26-19)20(21(29)25-23(3,4)5)16-6-8-17(24)9-7-16/h6-13,20H,1-5H3,(H,25,29)/t20-/m1/s1. The Morgan fingerprint density at radius 2 is 1.68 bits per heavy atom. The lowest BCUT2D eigenvalue weighted by Crippen LogP contribution is -2.49. The molecule has 1 atom stereocenters. The average Bonchev–Trinajstić information content (AvgIpc) is 3.19. The van der Waals surface area contributed by atoms with E-state index in [4.69, 9.17) is 0 Å². The summed E-state index contributed by atoms with van der Waals surface area (Å²) in [5.74, 6) is -1.27. The second kappa shape index (κ2) is 8.93. The monoisotopic (exact) mass is 440 g/mol. The van der Waals surface area contributed by atoms with Crippen LogP contribution in [-0.2, 0) is 4.79 Å². The first-order valence-corrected chi connectivity index (χ1v) is 10.7. The summed E-state index contributed by atoms with van der Waals surface area (Å²) in [6, 6.07) is 10.2. The van der Waals surface area contributed by atoms with Crippen LogP contribution in [0.4, 0.5) is 10.1 Å². The van der Waals surface area contributed by atoms with Crippen molar-refractivity contribution < 1.29 is 14.0 Å². The van der Waals surface area contributed by atoms with Gasteiger partial charge in [0.25, 0.3) is 5.91 Å². The highest BCUT2D eigenvalue weighted by atomic mass is 32.1. The van der Waals surface area contributed by atoms with Crippen LogP contribution in [0.25, 0.3) is 0 Å². The van der Waals surface area contributed by atoms with E-state index in [1.807, 2.05) is 52.8 Å². The van der Waals surface area contributed by atoms with Gasteiger partial charge >= 0.3 is 0 Å². The molecule has 1 aromatic heterocycles. The van der Waals surface area contributed by atoms with E-state index in [1.165, 1.54) is 29.2 Å². The molecule has 0 aliphatic carbocycles. The molecule has 6 nitrogen and oxygen atoms in total. The summed E-state index contributed by atoms with van der Waals surface area (Å²) in [6.07, 6.45) is 0. The second-order valence-electron chi connectivity index (χ2n) is 8.50. The molecular formula is C23H25FN4O2S. The largest absolute Gasteiger partial charge is 0.349 e. The highest BCUT2D eigenvalue weighted by molar-refractivity contribution is 7.03. The first kappa shape index (κ1) is 22.6. The minimum Gasteiger partial charge on any atom is -0.349 e. The number of carbonyl (C=O) groups is 2. The van der Waals surface area contributed by atoms with E-state index < -0.39 is 23.3 Å². The Morgan fingerprint density at radius 3 is 2.19 bits per heavy atom. The number of aryl methyl sites for hydroxylation is 2. The number of hydrogen-bond acceptors (Lipinski definition) is 5. The number of amides is 2. The average molecular weight is 441 g/mol. The third-order valence-corrected chi connectivity index (χ3v) is 4.98. The van der Waals surface area contributed by atoms with Crippen LogP contribution in [0.15, 0.2) is 47.8 Å². The molecule has 3 rings (SSSR count). The van der Waals surface area contributed by atoms with Gasteiger partial charge in [-0.1, -0.05) is 22.7 Å². The van der Waals surface area contributed by atoms with Gasteiger partial charge in [0.15, 0.2) is 5.69 Å². The van der Waals surface area contributed by atoms with E-state index in [0.717, 1.165) is 22.7 Å². The maximum absolute atomic E-state index is 13.6. The van der Waals surface area contributed by atoms with E-state index in [1.54, 1.807) is 5.38 Å². The number of hydrogen-bond donors (Lipinski definition) is 1. The summed E-state index contributed by atoms with van der Waals surface area (Å²) in [5.41, 5.74) is 2.53. The van der Waals surface area contributed by atoms with Crippen LogP contribution in [0.2, 0.25) is 0 Å². The Kier molecular flexibility index (Phi) is 6.50. The quantitative estimate of drug-likeness (QED) is 0.629. The number of nitrogens with zero attached hydrogens (tertiary/aromatic N) is 3. The Morgan fingerprint density at radius 1 is 1.06 bits per heavy atom. The van der Waals surface area contributed by atoms with Gasteiger partial charge in [-0.2, -0.15) is 0 Å². The van der Waals surface area contributed by atoms with Crippen molar-refractivity contribution in [3.05, 3.63) is 76.0 Å². The molecule has 2 amide bonds. The molecule has 8 heteroatoms. The Balaban J connectivity index is 2.21. The molecular weight excluding hydrogens is 415 g/mol. The number of rotatable bonds is 5. The zero-order valence-corrected chi connectivity index (χ0v) is 19.0. The number of halogens is 1. The third-order valence-electron chi connectivity index (χ3n) is 4.47. The third kappa shape index (κ3) is 5.52. The van der Waals surface area contributed by atoms with Crippen LogP contribution in [0.5, 0.6) is 0 Å². The highest BCUT2D eigenvalue weighted by Crippen LogP contribution is 2.31. The fourth-order valence-corrected chi connectivity index (χ4v) is 3.79. The maximum atomic E-state index is 13.6. The van der Waals surface area contributed by atoms with Crippen LogP contribution in [0.3, 0.4) is 0 Å². The predicted octanol–water partition coefficient (Wildman–Crippen LogP) is 4.60. The van der Waals surface area contributed by atoms with Gasteiger partial charge in [0, 0.05) is 16.6 Å². The Bertz CT molecular complexity index is 1060. The highest BCUT2D eigenvalue weighted by Gasteiger charge is 2.36. The zero-order chi connectivity index (χ0) is 22.8. The minimum absolute atomic E-state index is 0.139. The van der Waals surface area contributed by atoms with Crippen LogP contribution < -0.4 is 10.2 Å². The number of aromatic nitrogens is 2. The van der Waals surface area contributed by atoms with Gasteiger partial charge < -0.3 is 5.32 Å². The molecule has 0 fully saturated rings. The van der Waals surface area contributed by atoms with Crippen molar-refractivity contribution in [3.8, 4) is 0 Å². The van der Waals surface area contributed by atoms with Gasteiger partial charge in [0.2, 0.25) is 5.91 Å². The molecule has 31 heavy (non-hydrogen) atoms. The fraction of sp³-hybridized carbons (Fsp3) is 0.304.